The second kappa shape index (κ2) is 5.97. The number of allylic oxidation sites excluding steroid dienone is 1. The highest BCUT2D eigenvalue weighted by atomic mass is 16.1. The SMILES string of the molecule is CC(=O)/C=C/Nc1cc(-c2cccnc2C)c[nH]c1=O. The molecule has 5 nitrogen and oxygen atoms in total. The van der Waals surface area contributed by atoms with E-state index in [-0.39, 0.29) is 11.3 Å². The van der Waals surface area contributed by atoms with Crippen LogP contribution in [0.5, 0.6) is 0 Å². The number of H-pyrrole nitrogens is 1. The topological polar surface area (TPSA) is 74.8 Å². The molecular formula is C15H15N3O2. The summed E-state index contributed by atoms with van der Waals surface area (Å²) in [7, 11) is 0. The average Bonchev–Trinajstić information content (AvgIpc) is 2.41. The van der Waals surface area contributed by atoms with Gasteiger partial charge in [-0.15, -0.1) is 0 Å². The molecule has 0 atom stereocenters. The molecule has 0 aliphatic heterocycles. The van der Waals surface area contributed by atoms with E-state index in [1.54, 1.807) is 18.5 Å². The molecule has 0 spiro atoms. The van der Waals surface area contributed by atoms with E-state index in [0.29, 0.717) is 5.69 Å². The van der Waals surface area contributed by atoms with Gasteiger partial charge < -0.3 is 10.3 Å². The molecule has 2 aromatic rings. The smallest absolute Gasteiger partial charge is 0.271 e. The lowest BCUT2D eigenvalue weighted by molar-refractivity contribution is -0.112. The average molecular weight is 269 g/mol. The summed E-state index contributed by atoms with van der Waals surface area (Å²) in [5, 5.41) is 2.81. The normalized spacial score (nSPS) is 10.7. The molecule has 0 bridgehead atoms. The molecule has 0 saturated carbocycles. The van der Waals surface area contributed by atoms with Crippen molar-refractivity contribution in [3.05, 3.63) is 58.9 Å². The number of carbonyl (C=O) groups excluding carboxylic acids is 1. The van der Waals surface area contributed by atoms with Crippen LogP contribution in [0.25, 0.3) is 11.1 Å². The van der Waals surface area contributed by atoms with Gasteiger partial charge in [0, 0.05) is 35.4 Å². The maximum atomic E-state index is 11.7. The number of rotatable bonds is 4. The van der Waals surface area contributed by atoms with E-state index in [2.05, 4.69) is 15.3 Å². The third kappa shape index (κ3) is 3.20. The fourth-order valence-corrected chi connectivity index (χ4v) is 1.78. The summed E-state index contributed by atoms with van der Waals surface area (Å²) < 4.78 is 0. The fraction of sp³-hybridized carbons (Fsp3) is 0.133. The minimum Gasteiger partial charge on any atom is -0.357 e. The number of aromatic nitrogens is 2. The van der Waals surface area contributed by atoms with Gasteiger partial charge in [-0.05, 0) is 32.1 Å². The summed E-state index contributed by atoms with van der Waals surface area (Å²) in [4.78, 5) is 29.4. The number of ketones is 1. The number of anilines is 1. The Hall–Kier alpha value is -2.69. The van der Waals surface area contributed by atoms with Crippen LogP contribution in [0.2, 0.25) is 0 Å². The molecular weight excluding hydrogens is 254 g/mol. The van der Waals surface area contributed by atoms with Gasteiger partial charge in [-0.25, -0.2) is 0 Å². The van der Waals surface area contributed by atoms with E-state index in [4.69, 9.17) is 0 Å². The Morgan fingerprint density at radius 1 is 1.45 bits per heavy atom. The minimum atomic E-state index is -0.247. The predicted octanol–water partition coefficient (Wildman–Crippen LogP) is 2.26. The van der Waals surface area contributed by atoms with Gasteiger partial charge >= 0.3 is 0 Å². The zero-order valence-electron chi connectivity index (χ0n) is 11.3. The van der Waals surface area contributed by atoms with Gasteiger partial charge in [0.1, 0.15) is 5.69 Å². The Balaban J connectivity index is 2.36. The predicted molar refractivity (Wildman–Crippen MR) is 78.5 cm³/mol. The van der Waals surface area contributed by atoms with Crippen molar-refractivity contribution in [2.75, 3.05) is 5.32 Å². The van der Waals surface area contributed by atoms with Gasteiger partial charge in [-0.2, -0.15) is 0 Å². The second-order valence-corrected chi connectivity index (χ2v) is 4.36. The van der Waals surface area contributed by atoms with Crippen LogP contribution < -0.4 is 10.9 Å². The van der Waals surface area contributed by atoms with Crippen LogP contribution in [0.1, 0.15) is 12.6 Å². The number of aromatic amines is 1. The van der Waals surface area contributed by atoms with E-state index < -0.39 is 0 Å². The van der Waals surface area contributed by atoms with E-state index in [1.165, 1.54) is 19.2 Å². The van der Waals surface area contributed by atoms with Crippen molar-refractivity contribution in [2.45, 2.75) is 13.8 Å². The summed E-state index contributed by atoms with van der Waals surface area (Å²) in [6.07, 6.45) is 6.18. The Kier molecular flexibility index (Phi) is 4.10. The lowest BCUT2D eigenvalue weighted by atomic mass is 10.1. The first kappa shape index (κ1) is 13.7. The summed E-state index contributed by atoms with van der Waals surface area (Å²) in [6, 6.07) is 5.51. The van der Waals surface area contributed by atoms with Crippen LogP contribution in [0.3, 0.4) is 0 Å². The Bertz CT molecular complexity index is 717. The molecule has 0 aliphatic carbocycles. The minimum absolute atomic E-state index is 0.0896. The summed E-state index contributed by atoms with van der Waals surface area (Å²) in [5.41, 5.74) is 2.81. The van der Waals surface area contributed by atoms with E-state index in [9.17, 15) is 9.59 Å². The molecule has 2 aromatic heterocycles. The molecule has 2 rings (SSSR count). The molecule has 0 amide bonds. The van der Waals surface area contributed by atoms with Gasteiger partial charge in [0.05, 0.1) is 0 Å². The lowest BCUT2D eigenvalue weighted by Gasteiger charge is -2.06. The molecule has 2 heterocycles. The standard InChI is InChI=1S/C15H15N3O2/c1-10(19)5-7-17-14-8-12(9-18-15(14)20)13-4-3-6-16-11(13)2/h3-9,17H,1-2H3,(H,18,20)/b7-5+. The van der Waals surface area contributed by atoms with Crippen LogP contribution in [0.15, 0.2) is 47.7 Å². The van der Waals surface area contributed by atoms with Crippen molar-refractivity contribution in [1.82, 2.24) is 9.97 Å². The summed E-state index contributed by atoms with van der Waals surface area (Å²) in [6.45, 7) is 3.35. The van der Waals surface area contributed by atoms with E-state index in [0.717, 1.165) is 16.8 Å². The van der Waals surface area contributed by atoms with Gasteiger partial charge in [-0.3, -0.25) is 14.6 Å². The van der Waals surface area contributed by atoms with Crippen LogP contribution in [0.4, 0.5) is 5.69 Å². The number of aryl methyl sites for hydroxylation is 1. The van der Waals surface area contributed by atoms with E-state index in [1.807, 2.05) is 19.1 Å². The van der Waals surface area contributed by atoms with Crippen LogP contribution >= 0.6 is 0 Å². The molecule has 0 aromatic carbocycles. The summed E-state index contributed by atoms with van der Waals surface area (Å²) in [5.74, 6) is -0.0896. The molecule has 0 aliphatic rings. The van der Waals surface area contributed by atoms with Crippen molar-refractivity contribution in [1.29, 1.82) is 0 Å². The molecule has 0 radical (unpaired) electrons. The molecule has 5 heteroatoms. The van der Waals surface area contributed by atoms with Crippen molar-refractivity contribution in [2.24, 2.45) is 0 Å². The number of carbonyl (C=O) groups is 1. The maximum absolute atomic E-state index is 11.7. The zero-order valence-corrected chi connectivity index (χ0v) is 11.3. The third-order valence-corrected chi connectivity index (χ3v) is 2.78. The first-order chi connectivity index (χ1) is 9.58. The van der Waals surface area contributed by atoms with E-state index >= 15 is 0 Å². The zero-order chi connectivity index (χ0) is 14.5. The fourth-order valence-electron chi connectivity index (χ4n) is 1.78. The molecule has 0 saturated heterocycles. The first-order valence-corrected chi connectivity index (χ1v) is 6.16. The Morgan fingerprint density at radius 3 is 2.95 bits per heavy atom. The first-order valence-electron chi connectivity index (χ1n) is 6.16. The van der Waals surface area contributed by atoms with Crippen molar-refractivity contribution >= 4 is 11.5 Å². The molecule has 0 fully saturated rings. The van der Waals surface area contributed by atoms with Gasteiger partial charge in [0.25, 0.3) is 5.56 Å². The van der Waals surface area contributed by atoms with Gasteiger partial charge in [0.15, 0.2) is 5.78 Å². The molecule has 0 unspecified atom stereocenters. The molecule has 20 heavy (non-hydrogen) atoms. The molecule has 2 N–H and O–H groups in total. The quantitative estimate of drug-likeness (QED) is 0.835. The number of pyridine rings is 2. The number of hydrogen-bond donors (Lipinski definition) is 2. The lowest BCUT2D eigenvalue weighted by Crippen LogP contribution is -2.10. The highest BCUT2D eigenvalue weighted by molar-refractivity contribution is 5.87. The highest BCUT2D eigenvalue weighted by Gasteiger charge is 2.05. The van der Waals surface area contributed by atoms with Crippen LogP contribution in [0, 0.1) is 6.92 Å². The van der Waals surface area contributed by atoms with Crippen molar-refractivity contribution < 1.29 is 4.79 Å². The number of nitrogens with one attached hydrogen (secondary N) is 2. The maximum Gasteiger partial charge on any atom is 0.271 e. The number of hydrogen-bond acceptors (Lipinski definition) is 4. The number of nitrogens with zero attached hydrogens (tertiary/aromatic N) is 1. The van der Waals surface area contributed by atoms with Crippen LogP contribution in [-0.4, -0.2) is 15.8 Å². The van der Waals surface area contributed by atoms with Crippen molar-refractivity contribution in [3.8, 4) is 11.1 Å². The Labute approximate surface area is 116 Å². The van der Waals surface area contributed by atoms with Crippen LogP contribution in [-0.2, 0) is 4.79 Å². The summed E-state index contributed by atoms with van der Waals surface area (Å²) >= 11 is 0. The second-order valence-electron chi connectivity index (χ2n) is 4.36. The van der Waals surface area contributed by atoms with Crippen molar-refractivity contribution in [3.63, 3.8) is 0 Å². The van der Waals surface area contributed by atoms with Gasteiger partial charge in [-0.1, -0.05) is 6.07 Å². The molecule has 102 valence electrons. The van der Waals surface area contributed by atoms with Gasteiger partial charge in [0.2, 0.25) is 0 Å². The highest BCUT2D eigenvalue weighted by Crippen LogP contribution is 2.21. The third-order valence-electron chi connectivity index (χ3n) is 2.78. The largest absolute Gasteiger partial charge is 0.357 e. The Morgan fingerprint density at radius 2 is 2.25 bits per heavy atom. The monoisotopic (exact) mass is 269 g/mol.